The van der Waals surface area contributed by atoms with E-state index >= 15 is 0 Å². The first-order valence-electron chi connectivity index (χ1n) is 7.10. The highest BCUT2D eigenvalue weighted by Gasteiger charge is 2.03. The monoisotopic (exact) mass is 306 g/mol. The van der Waals surface area contributed by atoms with Gasteiger partial charge in [-0.05, 0) is 47.5 Å². The van der Waals surface area contributed by atoms with Crippen molar-refractivity contribution in [3.8, 4) is 0 Å². The van der Waals surface area contributed by atoms with Crippen molar-refractivity contribution in [1.82, 2.24) is 0 Å². The van der Waals surface area contributed by atoms with Crippen LogP contribution in [0.3, 0.4) is 0 Å². The third-order valence-electron chi connectivity index (χ3n) is 3.58. The molecule has 0 atom stereocenters. The fourth-order valence-corrected chi connectivity index (χ4v) is 2.49. The summed E-state index contributed by atoms with van der Waals surface area (Å²) in [6.45, 7) is 2.06. The molecule has 108 valence electrons. The molecule has 0 unspecified atom stereocenters. The number of fused-ring (bicyclic) bond motifs is 1. The lowest BCUT2D eigenvalue weighted by molar-refractivity contribution is 0.104. The third-order valence-corrected chi connectivity index (χ3v) is 3.83. The second kappa shape index (κ2) is 6.17. The van der Waals surface area contributed by atoms with E-state index < -0.39 is 0 Å². The summed E-state index contributed by atoms with van der Waals surface area (Å²) in [6, 6.07) is 19.4. The minimum atomic E-state index is -0.00238. The Morgan fingerprint density at radius 2 is 1.59 bits per heavy atom. The Balaban J connectivity index is 1.85. The van der Waals surface area contributed by atoms with Gasteiger partial charge in [0.2, 0.25) is 0 Å². The largest absolute Gasteiger partial charge is 0.289 e. The minimum absolute atomic E-state index is 0.00238. The Kier molecular flexibility index (Phi) is 4.08. The van der Waals surface area contributed by atoms with Gasteiger partial charge in [-0.15, -0.1) is 0 Å². The predicted octanol–water partition coefficient (Wildman–Crippen LogP) is 5.70. The minimum Gasteiger partial charge on any atom is -0.289 e. The van der Waals surface area contributed by atoms with Crippen molar-refractivity contribution >= 4 is 34.2 Å². The first-order valence-corrected chi connectivity index (χ1v) is 7.48. The Morgan fingerprint density at radius 3 is 2.36 bits per heavy atom. The molecule has 0 amide bonds. The van der Waals surface area contributed by atoms with Crippen molar-refractivity contribution in [3.63, 3.8) is 0 Å². The van der Waals surface area contributed by atoms with Crippen LogP contribution in [0.5, 0.6) is 0 Å². The van der Waals surface area contributed by atoms with Crippen LogP contribution in [0.4, 0.5) is 0 Å². The maximum atomic E-state index is 12.3. The van der Waals surface area contributed by atoms with Gasteiger partial charge in [0.25, 0.3) is 0 Å². The number of carbonyl (C=O) groups excluding carboxylic acids is 1. The van der Waals surface area contributed by atoms with Crippen LogP contribution in [0.15, 0.2) is 66.7 Å². The zero-order valence-corrected chi connectivity index (χ0v) is 13.0. The molecule has 0 bridgehead atoms. The topological polar surface area (TPSA) is 17.1 Å². The van der Waals surface area contributed by atoms with Crippen LogP contribution in [0.1, 0.15) is 21.5 Å². The Morgan fingerprint density at radius 1 is 0.909 bits per heavy atom. The maximum absolute atomic E-state index is 12.3. The first kappa shape index (κ1) is 14.6. The molecule has 0 aliphatic carbocycles. The molecule has 3 aromatic carbocycles. The molecule has 22 heavy (non-hydrogen) atoms. The lowest BCUT2D eigenvalue weighted by Crippen LogP contribution is -1.94. The molecule has 0 heterocycles. The van der Waals surface area contributed by atoms with E-state index in [9.17, 15) is 4.79 Å². The normalized spacial score (nSPS) is 11.2. The van der Waals surface area contributed by atoms with E-state index in [1.165, 1.54) is 5.56 Å². The number of aryl methyl sites for hydroxylation is 1. The number of allylic oxidation sites excluding steroid dienone is 1. The Labute approximate surface area is 134 Å². The van der Waals surface area contributed by atoms with Crippen LogP contribution in [0.2, 0.25) is 5.02 Å². The Hall–Kier alpha value is -2.38. The maximum Gasteiger partial charge on any atom is 0.185 e. The zero-order valence-electron chi connectivity index (χ0n) is 12.2. The van der Waals surface area contributed by atoms with Gasteiger partial charge in [-0.3, -0.25) is 4.79 Å². The summed E-state index contributed by atoms with van der Waals surface area (Å²) < 4.78 is 0. The van der Waals surface area contributed by atoms with E-state index in [1.807, 2.05) is 48.5 Å². The molecule has 0 spiro atoms. The van der Waals surface area contributed by atoms with E-state index in [-0.39, 0.29) is 5.78 Å². The van der Waals surface area contributed by atoms with Gasteiger partial charge in [0.1, 0.15) is 0 Å². The molecular weight excluding hydrogens is 292 g/mol. The number of halogens is 1. The van der Waals surface area contributed by atoms with E-state index in [4.69, 9.17) is 11.6 Å². The van der Waals surface area contributed by atoms with Crippen LogP contribution >= 0.6 is 11.6 Å². The summed E-state index contributed by atoms with van der Waals surface area (Å²) in [5, 5.41) is 2.92. The average Bonchev–Trinajstić information content (AvgIpc) is 2.53. The quantitative estimate of drug-likeness (QED) is 0.448. The van der Waals surface area contributed by atoms with E-state index in [0.29, 0.717) is 10.6 Å². The number of hydrogen-bond acceptors (Lipinski definition) is 1. The highest BCUT2D eigenvalue weighted by Crippen LogP contribution is 2.18. The van der Waals surface area contributed by atoms with Crippen molar-refractivity contribution in [2.75, 3.05) is 0 Å². The molecule has 3 rings (SSSR count). The molecule has 0 N–H and O–H groups in total. The van der Waals surface area contributed by atoms with Gasteiger partial charge < -0.3 is 0 Å². The summed E-state index contributed by atoms with van der Waals surface area (Å²) in [5.74, 6) is -0.00238. The molecule has 1 nitrogen and oxygen atoms in total. The van der Waals surface area contributed by atoms with Crippen LogP contribution in [0.25, 0.3) is 16.8 Å². The molecule has 0 fully saturated rings. The highest BCUT2D eigenvalue weighted by molar-refractivity contribution is 6.30. The van der Waals surface area contributed by atoms with Gasteiger partial charge in [0.05, 0.1) is 0 Å². The summed E-state index contributed by atoms with van der Waals surface area (Å²) in [5.41, 5.74) is 2.87. The number of benzene rings is 3. The van der Waals surface area contributed by atoms with E-state index in [1.54, 1.807) is 12.2 Å². The molecule has 0 radical (unpaired) electrons. The summed E-state index contributed by atoms with van der Waals surface area (Å²) >= 11 is 5.85. The van der Waals surface area contributed by atoms with Crippen LogP contribution in [-0.2, 0) is 0 Å². The molecule has 0 aliphatic heterocycles. The Bertz CT molecular complexity index is 861. The number of ketones is 1. The standard InChI is InChI=1S/C20H15ClO/c1-14-2-6-17-13-18(8-7-16(17)12-14)20(22)11-5-15-3-9-19(21)10-4-15/h2-13H,1H3/b11-5+. The number of hydrogen-bond donors (Lipinski definition) is 0. The SMILES string of the molecule is Cc1ccc2cc(C(=O)/C=C/c3ccc(Cl)cc3)ccc2c1. The van der Waals surface area contributed by atoms with Gasteiger partial charge in [0, 0.05) is 10.6 Å². The van der Waals surface area contributed by atoms with Gasteiger partial charge in [-0.25, -0.2) is 0 Å². The van der Waals surface area contributed by atoms with Crippen LogP contribution < -0.4 is 0 Å². The van der Waals surface area contributed by atoms with Gasteiger partial charge in [-0.2, -0.15) is 0 Å². The summed E-state index contributed by atoms with van der Waals surface area (Å²) in [4.78, 5) is 12.3. The molecule has 2 heteroatoms. The smallest absolute Gasteiger partial charge is 0.185 e. The lowest BCUT2D eigenvalue weighted by atomic mass is 10.0. The average molecular weight is 307 g/mol. The molecular formula is C20H15ClO. The van der Waals surface area contributed by atoms with Crippen molar-refractivity contribution in [2.24, 2.45) is 0 Å². The van der Waals surface area contributed by atoms with Crippen molar-refractivity contribution < 1.29 is 4.79 Å². The molecule has 0 saturated carbocycles. The molecule has 3 aromatic rings. The van der Waals surface area contributed by atoms with Crippen molar-refractivity contribution in [1.29, 1.82) is 0 Å². The lowest BCUT2D eigenvalue weighted by Gasteiger charge is -2.02. The predicted molar refractivity (Wildman–Crippen MR) is 93.5 cm³/mol. The first-order chi connectivity index (χ1) is 10.6. The summed E-state index contributed by atoms with van der Waals surface area (Å²) in [7, 11) is 0. The zero-order chi connectivity index (χ0) is 15.5. The fourth-order valence-electron chi connectivity index (χ4n) is 2.36. The van der Waals surface area contributed by atoms with Gasteiger partial charge in [0.15, 0.2) is 5.78 Å². The molecule has 0 aliphatic rings. The highest BCUT2D eigenvalue weighted by atomic mass is 35.5. The summed E-state index contributed by atoms with van der Waals surface area (Å²) in [6.07, 6.45) is 3.40. The second-order valence-electron chi connectivity index (χ2n) is 5.31. The molecule has 0 saturated heterocycles. The van der Waals surface area contributed by atoms with Crippen LogP contribution in [-0.4, -0.2) is 5.78 Å². The van der Waals surface area contributed by atoms with E-state index in [0.717, 1.165) is 16.3 Å². The van der Waals surface area contributed by atoms with Crippen molar-refractivity contribution in [3.05, 3.63) is 88.5 Å². The van der Waals surface area contributed by atoms with Crippen molar-refractivity contribution in [2.45, 2.75) is 6.92 Å². The van der Waals surface area contributed by atoms with E-state index in [2.05, 4.69) is 19.1 Å². The van der Waals surface area contributed by atoms with Gasteiger partial charge >= 0.3 is 0 Å². The number of carbonyl (C=O) groups is 1. The molecule has 0 aromatic heterocycles. The fraction of sp³-hybridized carbons (Fsp3) is 0.0500. The van der Waals surface area contributed by atoms with Crippen LogP contribution in [0, 0.1) is 6.92 Å². The third kappa shape index (κ3) is 3.26. The second-order valence-corrected chi connectivity index (χ2v) is 5.75. The van der Waals surface area contributed by atoms with Gasteiger partial charge in [-0.1, -0.05) is 65.7 Å². The number of rotatable bonds is 3.